The molecule has 4 nitrogen and oxygen atoms in total. The van der Waals surface area contributed by atoms with Gasteiger partial charge in [0.25, 0.3) is 5.91 Å². The molecule has 1 aromatic rings. The zero-order chi connectivity index (χ0) is 14.5. The van der Waals surface area contributed by atoms with Crippen molar-refractivity contribution in [3.05, 3.63) is 35.4 Å². The summed E-state index contributed by atoms with van der Waals surface area (Å²) in [5, 5.41) is 3.72. The predicted molar refractivity (Wildman–Crippen MR) is 81.8 cm³/mol. The molecule has 2 amide bonds. The van der Waals surface area contributed by atoms with Crippen molar-refractivity contribution in [3.63, 3.8) is 0 Å². The summed E-state index contributed by atoms with van der Waals surface area (Å²) < 4.78 is 0. The van der Waals surface area contributed by atoms with Crippen molar-refractivity contribution in [2.24, 2.45) is 0 Å². The van der Waals surface area contributed by atoms with Crippen LogP contribution in [-0.4, -0.2) is 35.8 Å². The van der Waals surface area contributed by atoms with E-state index < -0.39 is 0 Å². The van der Waals surface area contributed by atoms with Crippen molar-refractivity contribution < 1.29 is 9.59 Å². The first-order valence-electron chi connectivity index (χ1n) is 6.83. The van der Waals surface area contributed by atoms with E-state index in [1.165, 1.54) is 0 Å². The second kappa shape index (κ2) is 6.88. The number of halogens is 1. The number of amides is 2. The monoisotopic (exact) mass is 338 g/mol. The average molecular weight is 339 g/mol. The zero-order valence-electron chi connectivity index (χ0n) is 11.6. The van der Waals surface area contributed by atoms with E-state index in [2.05, 4.69) is 21.2 Å². The van der Waals surface area contributed by atoms with E-state index in [-0.39, 0.29) is 17.9 Å². The van der Waals surface area contributed by atoms with Crippen LogP contribution in [0.1, 0.15) is 35.7 Å². The number of nitrogens with zero attached hydrogens (tertiary/aromatic N) is 1. The van der Waals surface area contributed by atoms with E-state index in [1.807, 2.05) is 36.1 Å². The van der Waals surface area contributed by atoms with Crippen LogP contribution in [0.4, 0.5) is 0 Å². The van der Waals surface area contributed by atoms with Crippen LogP contribution < -0.4 is 5.32 Å². The fourth-order valence-corrected chi connectivity index (χ4v) is 2.70. The van der Waals surface area contributed by atoms with Crippen LogP contribution in [0.3, 0.4) is 0 Å². The molecule has 108 valence electrons. The van der Waals surface area contributed by atoms with Gasteiger partial charge in [0.2, 0.25) is 5.91 Å². The molecule has 0 spiro atoms. The number of alkyl halides is 1. The van der Waals surface area contributed by atoms with Crippen molar-refractivity contribution in [2.45, 2.75) is 31.1 Å². The topological polar surface area (TPSA) is 49.4 Å². The number of rotatable bonds is 5. The molecule has 1 fully saturated rings. The Balaban J connectivity index is 1.87. The van der Waals surface area contributed by atoms with Crippen molar-refractivity contribution in [1.29, 1.82) is 0 Å². The predicted octanol–water partition coefficient (Wildman–Crippen LogP) is 2.32. The van der Waals surface area contributed by atoms with Crippen molar-refractivity contribution in [1.82, 2.24) is 10.2 Å². The highest BCUT2D eigenvalue weighted by Gasteiger charge is 2.22. The van der Waals surface area contributed by atoms with Gasteiger partial charge < -0.3 is 10.2 Å². The molecule has 2 rings (SSSR count). The van der Waals surface area contributed by atoms with Crippen LogP contribution >= 0.6 is 15.9 Å². The van der Waals surface area contributed by atoms with Gasteiger partial charge in [0, 0.05) is 36.4 Å². The standard InChI is InChI=1S/C15H19BrN2O2/c1-11(10-18-8-2-3-14(18)19)17-15(20)13-6-4-12(9-16)5-7-13/h4-7,11H,2-3,8-10H2,1H3,(H,17,20). The van der Waals surface area contributed by atoms with Gasteiger partial charge in [-0.05, 0) is 31.0 Å². The molecule has 1 aliphatic heterocycles. The van der Waals surface area contributed by atoms with Gasteiger partial charge in [-0.2, -0.15) is 0 Å². The fourth-order valence-electron chi connectivity index (χ4n) is 2.33. The first-order valence-corrected chi connectivity index (χ1v) is 7.96. The fraction of sp³-hybridized carbons (Fsp3) is 0.467. The molecule has 1 N–H and O–H groups in total. The third kappa shape index (κ3) is 3.82. The van der Waals surface area contributed by atoms with Crippen LogP contribution in [0.15, 0.2) is 24.3 Å². The van der Waals surface area contributed by atoms with Gasteiger partial charge in [-0.1, -0.05) is 28.1 Å². The number of nitrogens with one attached hydrogen (secondary N) is 1. The highest BCUT2D eigenvalue weighted by atomic mass is 79.9. The lowest BCUT2D eigenvalue weighted by atomic mass is 10.1. The highest BCUT2D eigenvalue weighted by molar-refractivity contribution is 9.08. The minimum atomic E-state index is -0.0923. The normalized spacial score (nSPS) is 16.3. The minimum Gasteiger partial charge on any atom is -0.348 e. The molecule has 5 heteroatoms. The maximum atomic E-state index is 12.1. The number of carbonyl (C=O) groups excluding carboxylic acids is 2. The molecule has 1 unspecified atom stereocenters. The Labute approximate surface area is 127 Å². The Hall–Kier alpha value is -1.36. The summed E-state index contributed by atoms with van der Waals surface area (Å²) in [6.07, 6.45) is 1.56. The van der Waals surface area contributed by atoms with E-state index in [4.69, 9.17) is 0 Å². The Bertz CT molecular complexity index is 487. The van der Waals surface area contributed by atoms with E-state index in [1.54, 1.807) is 0 Å². The molecular weight excluding hydrogens is 320 g/mol. The van der Waals surface area contributed by atoms with Gasteiger partial charge in [-0.15, -0.1) is 0 Å². The Morgan fingerprint density at radius 1 is 1.40 bits per heavy atom. The molecule has 1 atom stereocenters. The number of benzene rings is 1. The molecule has 1 saturated heterocycles. The average Bonchev–Trinajstić information content (AvgIpc) is 2.84. The molecule has 0 aromatic heterocycles. The van der Waals surface area contributed by atoms with Gasteiger partial charge >= 0.3 is 0 Å². The maximum absolute atomic E-state index is 12.1. The molecule has 0 radical (unpaired) electrons. The van der Waals surface area contributed by atoms with Gasteiger partial charge in [0.15, 0.2) is 0 Å². The largest absolute Gasteiger partial charge is 0.348 e. The van der Waals surface area contributed by atoms with Crippen LogP contribution in [0.5, 0.6) is 0 Å². The van der Waals surface area contributed by atoms with Gasteiger partial charge in [-0.3, -0.25) is 9.59 Å². The SMILES string of the molecule is CC(CN1CCCC1=O)NC(=O)c1ccc(CBr)cc1. The van der Waals surface area contributed by atoms with Crippen molar-refractivity contribution in [2.75, 3.05) is 13.1 Å². The van der Waals surface area contributed by atoms with Gasteiger partial charge in [0.1, 0.15) is 0 Å². The molecule has 0 bridgehead atoms. The van der Waals surface area contributed by atoms with Crippen LogP contribution in [0, 0.1) is 0 Å². The van der Waals surface area contributed by atoms with Gasteiger partial charge in [-0.25, -0.2) is 0 Å². The molecule has 1 heterocycles. The minimum absolute atomic E-state index is 0.0413. The first kappa shape index (κ1) is 15.0. The Kier molecular flexibility index (Phi) is 5.17. The lowest BCUT2D eigenvalue weighted by molar-refractivity contribution is -0.127. The van der Waals surface area contributed by atoms with Crippen LogP contribution in [0.2, 0.25) is 0 Å². The summed E-state index contributed by atoms with van der Waals surface area (Å²) in [4.78, 5) is 25.4. The first-order chi connectivity index (χ1) is 9.60. The Morgan fingerprint density at radius 2 is 2.10 bits per heavy atom. The third-order valence-electron chi connectivity index (χ3n) is 3.41. The summed E-state index contributed by atoms with van der Waals surface area (Å²) in [5.41, 5.74) is 1.78. The maximum Gasteiger partial charge on any atom is 0.251 e. The number of carbonyl (C=O) groups is 2. The van der Waals surface area contributed by atoms with Crippen molar-refractivity contribution >= 4 is 27.7 Å². The summed E-state index contributed by atoms with van der Waals surface area (Å²) in [7, 11) is 0. The second-order valence-electron chi connectivity index (χ2n) is 5.15. The number of likely N-dealkylation sites (tertiary alicyclic amines) is 1. The molecule has 1 aromatic carbocycles. The van der Waals surface area contributed by atoms with E-state index in [9.17, 15) is 9.59 Å². The molecule has 0 aliphatic carbocycles. The molecule has 0 saturated carbocycles. The third-order valence-corrected chi connectivity index (χ3v) is 4.06. The summed E-state index contributed by atoms with van der Waals surface area (Å²) in [6.45, 7) is 3.32. The van der Waals surface area contributed by atoms with Crippen LogP contribution in [0.25, 0.3) is 0 Å². The van der Waals surface area contributed by atoms with E-state index in [0.29, 0.717) is 18.5 Å². The molecular formula is C15H19BrN2O2. The highest BCUT2D eigenvalue weighted by Crippen LogP contribution is 2.11. The number of hydrogen-bond acceptors (Lipinski definition) is 2. The second-order valence-corrected chi connectivity index (χ2v) is 5.71. The quantitative estimate of drug-likeness (QED) is 0.837. The van der Waals surface area contributed by atoms with E-state index in [0.717, 1.165) is 23.9 Å². The van der Waals surface area contributed by atoms with Crippen molar-refractivity contribution in [3.8, 4) is 0 Å². The number of hydrogen-bond donors (Lipinski definition) is 1. The summed E-state index contributed by atoms with van der Waals surface area (Å²) in [6, 6.07) is 7.45. The molecule has 1 aliphatic rings. The lowest BCUT2D eigenvalue weighted by Gasteiger charge is -2.21. The summed E-state index contributed by atoms with van der Waals surface area (Å²) in [5.74, 6) is 0.0954. The lowest BCUT2D eigenvalue weighted by Crippen LogP contribution is -2.42. The van der Waals surface area contributed by atoms with E-state index >= 15 is 0 Å². The van der Waals surface area contributed by atoms with Gasteiger partial charge in [0.05, 0.1) is 0 Å². The van der Waals surface area contributed by atoms with Crippen LogP contribution in [-0.2, 0) is 10.1 Å². The zero-order valence-corrected chi connectivity index (χ0v) is 13.1. The Morgan fingerprint density at radius 3 is 2.65 bits per heavy atom. The smallest absolute Gasteiger partial charge is 0.251 e. The summed E-state index contributed by atoms with van der Waals surface area (Å²) >= 11 is 3.38. The molecule has 20 heavy (non-hydrogen) atoms.